The molecule has 144 valence electrons. The Morgan fingerprint density at radius 2 is 1.55 bits per heavy atom. The fourth-order valence-corrected chi connectivity index (χ4v) is 3.69. The van der Waals surface area contributed by atoms with E-state index in [0.717, 1.165) is 0 Å². The van der Waals surface area contributed by atoms with Crippen LogP contribution < -0.4 is 5.32 Å². The molecule has 29 heavy (non-hydrogen) atoms. The topological polar surface area (TPSA) is 89.5 Å². The van der Waals surface area contributed by atoms with Crippen molar-refractivity contribution in [3.8, 4) is 0 Å². The van der Waals surface area contributed by atoms with Gasteiger partial charge in [0.2, 0.25) is 0 Å². The Labute approximate surface area is 170 Å². The minimum Gasteiger partial charge on any atom is -0.448 e. The summed E-state index contributed by atoms with van der Waals surface area (Å²) in [6.07, 6.45) is -1.03. The number of nitrogens with one attached hydrogen (secondary N) is 1. The van der Waals surface area contributed by atoms with Crippen molar-refractivity contribution < 1.29 is 23.9 Å². The van der Waals surface area contributed by atoms with Gasteiger partial charge in [-0.1, -0.05) is 30.3 Å². The number of thiophene rings is 1. The number of esters is 1. The largest absolute Gasteiger partial charge is 0.448 e. The van der Waals surface area contributed by atoms with Crippen molar-refractivity contribution in [3.05, 3.63) is 87.1 Å². The maximum absolute atomic E-state index is 12.8. The molecular weight excluding hydrogens is 390 g/mol. The molecule has 0 aliphatic heterocycles. The van der Waals surface area contributed by atoms with Gasteiger partial charge in [-0.25, -0.2) is 4.79 Å². The van der Waals surface area contributed by atoms with E-state index >= 15 is 0 Å². The molecule has 0 saturated carbocycles. The van der Waals surface area contributed by atoms with Gasteiger partial charge in [0.05, 0.1) is 0 Å². The molecule has 1 aliphatic rings. The molecule has 0 radical (unpaired) electrons. The van der Waals surface area contributed by atoms with Crippen LogP contribution in [0.2, 0.25) is 0 Å². The molecule has 1 heterocycles. The van der Waals surface area contributed by atoms with E-state index in [1.807, 2.05) is 0 Å². The normalized spacial score (nSPS) is 13.3. The van der Waals surface area contributed by atoms with E-state index in [4.69, 9.17) is 4.74 Å². The van der Waals surface area contributed by atoms with Gasteiger partial charge in [0, 0.05) is 27.9 Å². The molecule has 0 fully saturated rings. The van der Waals surface area contributed by atoms with Crippen molar-refractivity contribution in [2.45, 2.75) is 13.0 Å². The average molecular weight is 405 g/mol. The van der Waals surface area contributed by atoms with Crippen molar-refractivity contribution in [1.82, 2.24) is 0 Å². The van der Waals surface area contributed by atoms with E-state index < -0.39 is 18.0 Å². The number of hydrogen-bond acceptors (Lipinski definition) is 6. The first-order valence-electron chi connectivity index (χ1n) is 8.83. The van der Waals surface area contributed by atoms with E-state index in [2.05, 4.69) is 5.32 Å². The molecule has 0 unspecified atom stereocenters. The number of fused-ring (bicyclic) bond motifs is 2. The fourth-order valence-electron chi connectivity index (χ4n) is 3.09. The van der Waals surface area contributed by atoms with Gasteiger partial charge >= 0.3 is 5.97 Å². The van der Waals surface area contributed by atoms with E-state index in [1.54, 1.807) is 47.8 Å². The van der Waals surface area contributed by atoms with Crippen LogP contribution in [0.3, 0.4) is 0 Å². The van der Waals surface area contributed by atoms with Gasteiger partial charge in [0.1, 0.15) is 4.88 Å². The van der Waals surface area contributed by atoms with Gasteiger partial charge < -0.3 is 10.1 Å². The number of amides is 1. The highest BCUT2D eigenvalue weighted by Crippen LogP contribution is 2.29. The second kappa shape index (κ2) is 7.44. The highest BCUT2D eigenvalue weighted by atomic mass is 32.1. The first-order chi connectivity index (χ1) is 14.0. The van der Waals surface area contributed by atoms with Crippen molar-refractivity contribution in [2.75, 3.05) is 5.32 Å². The van der Waals surface area contributed by atoms with Crippen LogP contribution in [0.5, 0.6) is 0 Å². The molecule has 0 saturated heterocycles. The molecule has 7 heteroatoms. The van der Waals surface area contributed by atoms with Crippen LogP contribution in [0, 0.1) is 0 Å². The molecule has 1 aliphatic carbocycles. The van der Waals surface area contributed by atoms with Crippen LogP contribution >= 0.6 is 11.3 Å². The monoisotopic (exact) mass is 405 g/mol. The van der Waals surface area contributed by atoms with E-state index in [-0.39, 0.29) is 17.1 Å². The average Bonchev–Trinajstić information content (AvgIpc) is 3.27. The maximum Gasteiger partial charge on any atom is 0.349 e. The second-order valence-corrected chi connectivity index (χ2v) is 7.43. The maximum atomic E-state index is 12.8. The zero-order valence-corrected chi connectivity index (χ0v) is 16.1. The lowest BCUT2D eigenvalue weighted by Crippen LogP contribution is -2.30. The number of carbonyl (C=O) groups is 4. The number of carbonyl (C=O) groups excluding carboxylic acids is 4. The summed E-state index contributed by atoms with van der Waals surface area (Å²) < 4.78 is 5.16. The summed E-state index contributed by atoms with van der Waals surface area (Å²) >= 11 is 1.22. The smallest absolute Gasteiger partial charge is 0.349 e. The highest BCUT2D eigenvalue weighted by Gasteiger charge is 2.29. The Bertz CT molecular complexity index is 1150. The standard InChI is InChI=1S/C22H15NO5S/c1-12(28-22(27)18-7-4-10-29-18)21(26)23-13-8-9-16-17(11-13)20(25)15-6-3-2-5-14(15)19(16)24/h2-12H,1H3,(H,23,26)/t12-/m0/s1. The van der Waals surface area contributed by atoms with Crippen molar-refractivity contribution in [1.29, 1.82) is 0 Å². The van der Waals surface area contributed by atoms with Crippen LogP contribution in [-0.4, -0.2) is 29.5 Å². The van der Waals surface area contributed by atoms with Crippen molar-refractivity contribution in [3.63, 3.8) is 0 Å². The molecule has 3 aromatic rings. The zero-order chi connectivity index (χ0) is 20.5. The molecular formula is C22H15NO5S. The van der Waals surface area contributed by atoms with Gasteiger partial charge in [0.15, 0.2) is 17.7 Å². The number of anilines is 1. The van der Waals surface area contributed by atoms with Gasteiger partial charge in [-0.3, -0.25) is 14.4 Å². The van der Waals surface area contributed by atoms with Crippen LogP contribution in [-0.2, 0) is 9.53 Å². The van der Waals surface area contributed by atoms with Crippen LogP contribution in [0.4, 0.5) is 5.69 Å². The first-order valence-corrected chi connectivity index (χ1v) is 9.71. The summed E-state index contributed by atoms with van der Waals surface area (Å²) in [5, 5.41) is 4.37. The molecule has 2 aromatic carbocycles. The lowest BCUT2D eigenvalue weighted by atomic mass is 9.84. The third-order valence-electron chi connectivity index (χ3n) is 4.57. The second-order valence-electron chi connectivity index (χ2n) is 6.48. The Morgan fingerprint density at radius 3 is 2.21 bits per heavy atom. The summed E-state index contributed by atoms with van der Waals surface area (Å²) in [7, 11) is 0. The van der Waals surface area contributed by atoms with Crippen molar-refractivity contribution >= 4 is 40.5 Å². The molecule has 0 spiro atoms. The van der Waals surface area contributed by atoms with Crippen LogP contribution in [0.25, 0.3) is 0 Å². The molecule has 1 amide bonds. The van der Waals surface area contributed by atoms with Crippen LogP contribution in [0.15, 0.2) is 60.0 Å². The number of benzene rings is 2. The van der Waals surface area contributed by atoms with E-state index in [1.165, 1.54) is 30.4 Å². The number of rotatable bonds is 4. The first kappa shape index (κ1) is 18.8. The summed E-state index contributed by atoms with van der Waals surface area (Å²) in [6, 6.07) is 14.5. The molecule has 0 bridgehead atoms. The highest BCUT2D eigenvalue weighted by molar-refractivity contribution is 7.11. The van der Waals surface area contributed by atoms with E-state index in [9.17, 15) is 19.2 Å². The minimum absolute atomic E-state index is 0.230. The lowest BCUT2D eigenvalue weighted by molar-refractivity contribution is -0.123. The summed E-state index contributed by atoms with van der Waals surface area (Å²) in [5.74, 6) is -1.62. The number of hydrogen-bond donors (Lipinski definition) is 1. The van der Waals surface area contributed by atoms with Gasteiger partial charge in [-0.15, -0.1) is 11.3 Å². The Morgan fingerprint density at radius 1 is 0.897 bits per heavy atom. The third-order valence-corrected chi connectivity index (χ3v) is 5.42. The summed E-state index contributed by atoms with van der Waals surface area (Å²) in [6.45, 7) is 1.46. The molecule has 1 N–H and O–H groups in total. The van der Waals surface area contributed by atoms with Gasteiger partial charge in [-0.2, -0.15) is 0 Å². The minimum atomic E-state index is -1.03. The lowest BCUT2D eigenvalue weighted by Gasteiger charge is -2.19. The van der Waals surface area contributed by atoms with Gasteiger partial charge in [0.25, 0.3) is 5.91 Å². The van der Waals surface area contributed by atoms with Gasteiger partial charge in [-0.05, 0) is 36.6 Å². The molecule has 6 nitrogen and oxygen atoms in total. The quantitative estimate of drug-likeness (QED) is 0.523. The fraction of sp³-hybridized carbons (Fsp3) is 0.0909. The Balaban J connectivity index is 1.52. The Kier molecular flexibility index (Phi) is 4.82. The third kappa shape index (κ3) is 3.48. The zero-order valence-electron chi connectivity index (χ0n) is 15.3. The van der Waals surface area contributed by atoms with Crippen LogP contribution in [0.1, 0.15) is 48.4 Å². The summed E-state index contributed by atoms with van der Waals surface area (Å²) in [4.78, 5) is 50.2. The number of ketones is 2. The predicted molar refractivity (Wildman–Crippen MR) is 108 cm³/mol. The van der Waals surface area contributed by atoms with E-state index in [0.29, 0.717) is 27.3 Å². The van der Waals surface area contributed by atoms with Crippen molar-refractivity contribution in [2.24, 2.45) is 0 Å². The predicted octanol–water partition coefficient (Wildman–Crippen LogP) is 3.71. The molecule has 4 rings (SSSR count). The number of ether oxygens (including phenoxy) is 1. The SMILES string of the molecule is C[C@H](OC(=O)c1cccs1)C(=O)Nc1ccc2c(c1)C(=O)c1ccccc1C2=O. The molecule has 1 aromatic heterocycles. The Hall–Kier alpha value is -3.58. The summed E-state index contributed by atoms with van der Waals surface area (Å²) in [5.41, 5.74) is 1.58. The molecule has 1 atom stereocenters.